The summed E-state index contributed by atoms with van der Waals surface area (Å²) in [6, 6.07) is 12.6. The number of aromatic nitrogens is 3. The number of nitrogens with zero attached hydrogens (tertiary/aromatic N) is 2. The molecule has 2 heterocycles. The minimum Gasteiger partial charge on any atom is -0.350 e. The molecular weight excluding hydrogens is 485 g/mol. The van der Waals surface area contributed by atoms with Gasteiger partial charge in [-0.15, -0.1) is 0 Å². The lowest BCUT2D eigenvalue weighted by molar-refractivity contribution is -0.137. The molecule has 0 atom stereocenters. The van der Waals surface area contributed by atoms with Crippen LogP contribution in [0.4, 0.5) is 36.3 Å². The molecular formula is C22H19F3N6O3S. The van der Waals surface area contributed by atoms with Crippen molar-refractivity contribution in [1.82, 2.24) is 15.0 Å². The van der Waals surface area contributed by atoms with E-state index in [0.717, 1.165) is 18.4 Å². The summed E-state index contributed by atoms with van der Waals surface area (Å²) in [6.45, 7) is 0.146. The lowest BCUT2D eigenvalue weighted by Gasteiger charge is -2.14. The third-order valence-electron chi connectivity index (χ3n) is 4.84. The number of alkyl halides is 3. The average molecular weight is 504 g/mol. The van der Waals surface area contributed by atoms with Crippen LogP contribution in [-0.2, 0) is 22.7 Å². The van der Waals surface area contributed by atoms with Gasteiger partial charge in [0.15, 0.2) is 0 Å². The van der Waals surface area contributed by atoms with Crippen LogP contribution in [0, 0.1) is 0 Å². The molecule has 0 bridgehead atoms. The van der Waals surface area contributed by atoms with Crippen molar-refractivity contribution in [3.8, 4) is 0 Å². The summed E-state index contributed by atoms with van der Waals surface area (Å²) in [5.74, 6) is 0.202. The van der Waals surface area contributed by atoms with Crippen molar-refractivity contribution in [1.29, 1.82) is 0 Å². The van der Waals surface area contributed by atoms with E-state index < -0.39 is 27.3 Å². The molecule has 0 radical (unpaired) electrons. The number of halogens is 3. The van der Waals surface area contributed by atoms with Crippen LogP contribution in [0.5, 0.6) is 0 Å². The number of hydrogen-bond acceptors (Lipinski definition) is 7. The largest absolute Gasteiger partial charge is 0.416 e. The van der Waals surface area contributed by atoms with E-state index in [2.05, 4.69) is 30.3 Å². The molecule has 4 aromatic rings. The van der Waals surface area contributed by atoms with Gasteiger partial charge in [-0.3, -0.25) is 9.52 Å². The zero-order valence-electron chi connectivity index (χ0n) is 18.1. The minimum absolute atomic E-state index is 0.0849. The SMILES string of the molecule is CS(=O)(=O)Nc1ccccc1CNc1nc(Nc2ccc(C(F)(F)F)cc2)c2c(=O)[nH]ccc2n1. The van der Waals surface area contributed by atoms with Gasteiger partial charge in [-0.1, -0.05) is 18.2 Å². The van der Waals surface area contributed by atoms with Crippen LogP contribution < -0.4 is 20.9 Å². The van der Waals surface area contributed by atoms with Crippen molar-refractivity contribution < 1.29 is 21.6 Å². The smallest absolute Gasteiger partial charge is 0.350 e. The molecule has 13 heteroatoms. The van der Waals surface area contributed by atoms with E-state index in [0.29, 0.717) is 16.8 Å². The number of sulfonamides is 1. The predicted octanol–water partition coefficient (Wildman–Crippen LogP) is 4.06. The molecule has 0 saturated heterocycles. The number of rotatable bonds is 7. The third kappa shape index (κ3) is 5.87. The van der Waals surface area contributed by atoms with Gasteiger partial charge in [-0.25, -0.2) is 13.4 Å². The third-order valence-corrected chi connectivity index (χ3v) is 5.44. The summed E-state index contributed by atoms with van der Waals surface area (Å²) in [7, 11) is -3.50. The molecule has 0 unspecified atom stereocenters. The van der Waals surface area contributed by atoms with Crippen LogP contribution in [0.3, 0.4) is 0 Å². The first kappa shape index (κ1) is 24.0. The van der Waals surface area contributed by atoms with Crippen LogP contribution in [0.25, 0.3) is 10.9 Å². The summed E-state index contributed by atoms with van der Waals surface area (Å²) in [4.78, 5) is 23.6. The maximum atomic E-state index is 12.9. The number of nitrogens with one attached hydrogen (secondary N) is 4. The van der Waals surface area contributed by atoms with Crippen molar-refractivity contribution in [3.05, 3.63) is 82.3 Å². The Bertz CT molecular complexity index is 1540. The first-order valence-electron chi connectivity index (χ1n) is 10.1. The monoisotopic (exact) mass is 504 g/mol. The van der Waals surface area contributed by atoms with Gasteiger partial charge in [-0.05, 0) is 42.0 Å². The van der Waals surface area contributed by atoms with Crippen LogP contribution >= 0.6 is 0 Å². The summed E-state index contributed by atoms with van der Waals surface area (Å²) in [6.07, 6.45) is -2.02. The van der Waals surface area contributed by atoms with Gasteiger partial charge in [0, 0.05) is 18.4 Å². The normalized spacial score (nSPS) is 11.9. The first-order valence-corrected chi connectivity index (χ1v) is 12.0. The highest BCUT2D eigenvalue weighted by Crippen LogP contribution is 2.31. The van der Waals surface area contributed by atoms with Crippen LogP contribution in [0.15, 0.2) is 65.6 Å². The molecule has 0 saturated carbocycles. The van der Waals surface area contributed by atoms with Gasteiger partial charge in [0.2, 0.25) is 16.0 Å². The first-order chi connectivity index (χ1) is 16.5. The van der Waals surface area contributed by atoms with E-state index in [4.69, 9.17) is 0 Å². The zero-order chi connectivity index (χ0) is 25.2. The van der Waals surface area contributed by atoms with E-state index in [1.165, 1.54) is 18.3 Å². The summed E-state index contributed by atoms with van der Waals surface area (Å²) < 4.78 is 64.3. The second-order valence-electron chi connectivity index (χ2n) is 7.55. The molecule has 0 aliphatic heterocycles. The van der Waals surface area contributed by atoms with Gasteiger partial charge in [0.1, 0.15) is 11.2 Å². The topological polar surface area (TPSA) is 129 Å². The Morgan fingerprint density at radius 3 is 2.40 bits per heavy atom. The van der Waals surface area contributed by atoms with Crippen molar-refractivity contribution in [2.24, 2.45) is 0 Å². The number of fused-ring (bicyclic) bond motifs is 1. The van der Waals surface area contributed by atoms with Gasteiger partial charge in [-0.2, -0.15) is 18.2 Å². The number of H-pyrrole nitrogens is 1. The van der Waals surface area contributed by atoms with Crippen molar-refractivity contribution in [3.63, 3.8) is 0 Å². The zero-order valence-corrected chi connectivity index (χ0v) is 19.0. The molecule has 0 amide bonds. The van der Waals surface area contributed by atoms with E-state index >= 15 is 0 Å². The van der Waals surface area contributed by atoms with Crippen LogP contribution in [0.1, 0.15) is 11.1 Å². The highest BCUT2D eigenvalue weighted by atomic mass is 32.2. The van der Waals surface area contributed by atoms with Crippen LogP contribution in [0.2, 0.25) is 0 Å². The number of para-hydroxylation sites is 1. The fourth-order valence-electron chi connectivity index (χ4n) is 3.29. The Kier molecular flexibility index (Phi) is 6.35. The number of pyridine rings is 1. The maximum Gasteiger partial charge on any atom is 0.416 e. The number of anilines is 4. The lowest BCUT2D eigenvalue weighted by Crippen LogP contribution is -2.14. The molecule has 9 nitrogen and oxygen atoms in total. The van der Waals surface area contributed by atoms with Crippen LogP contribution in [-0.4, -0.2) is 29.6 Å². The minimum atomic E-state index is -4.48. The summed E-state index contributed by atoms with van der Waals surface area (Å²) in [5.41, 5.74) is 0.286. The molecule has 0 aliphatic carbocycles. The summed E-state index contributed by atoms with van der Waals surface area (Å²) in [5, 5.41) is 6.00. The Labute approximate surface area is 197 Å². The van der Waals surface area contributed by atoms with Gasteiger partial charge in [0.25, 0.3) is 5.56 Å². The molecule has 4 rings (SSSR count). The Hall–Kier alpha value is -4.13. The molecule has 0 fully saturated rings. The number of hydrogen-bond donors (Lipinski definition) is 4. The molecule has 4 N–H and O–H groups in total. The quantitative estimate of drug-likeness (QED) is 0.299. The van der Waals surface area contributed by atoms with E-state index in [1.54, 1.807) is 30.3 Å². The second kappa shape index (κ2) is 9.25. The highest BCUT2D eigenvalue weighted by molar-refractivity contribution is 7.92. The van der Waals surface area contributed by atoms with Crippen molar-refractivity contribution in [2.75, 3.05) is 21.6 Å². The highest BCUT2D eigenvalue weighted by Gasteiger charge is 2.30. The maximum absolute atomic E-state index is 12.9. The molecule has 182 valence electrons. The second-order valence-corrected chi connectivity index (χ2v) is 9.30. The molecule has 2 aromatic heterocycles. The molecule has 0 spiro atoms. The number of aromatic amines is 1. The fourth-order valence-corrected chi connectivity index (χ4v) is 3.89. The van der Waals surface area contributed by atoms with E-state index in [9.17, 15) is 26.4 Å². The lowest BCUT2D eigenvalue weighted by atomic mass is 10.2. The van der Waals surface area contributed by atoms with Gasteiger partial charge in [0.05, 0.1) is 23.0 Å². The van der Waals surface area contributed by atoms with E-state index in [-0.39, 0.29) is 29.4 Å². The van der Waals surface area contributed by atoms with Gasteiger partial charge >= 0.3 is 6.18 Å². The predicted molar refractivity (Wildman–Crippen MR) is 127 cm³/mol. The molecule has 0 aliphatic rings. The van der Waals surface area contributed by atoms with Gasteiger partial charge < -0.3 is 15.6 Å². The standard InChI is InChI=1S/C22H19F3N6O3S/c1-35(33,34)31-16-5-3-2-4-13(16)12-27-21-29-17-10-11-26-20(32)18(17)19(30-21)28-15-8-6-14(7-9-15)22(23,24)25/h2-11,31H,12H2,1H3,(H,26,32)(H2,27,28,29,30). The Morgan fingerprint density at radius 1 is 1.00 bits per heavy atom. The average Bonchev–Trinajstić information content (AvgIpc) is 2.77. The Balaban J connectivity index is 1.66. The molecule has 2 aromatic carbocycles. The summed E-state index contributed by atoms with van der Waals surface area (Å²) >= 11 is 0. The Morgan fingerprint density at radius 2 is 1.71 bits per heavy atom. The van der Waals surface area contributed by atoms with Crippen molar-refractivity contribution >= 4 is 44.1 Å². The number of benzene rings is 2. The fraction of sp³-hybridized carbons (Fsp3) is 0.136. The van der Waals surface area contributed by atoms with E-state index in [1.807, 2.05) is 0 Å². The molecule has 35 heavy (non-hydrogen) atoms. The van der Waals surface area contributed by atoms with Crippen molar-refractivity contribution in [2.45, 2.75) is 12.7 Å².